The average Bonchev–Trinajstić information content (AvgIpc) is 2.47. The largest absolute Gasteiger partial charge is 0.384 e. The maximum absolute atomic E-state index is 5.59. The Morgan fingerprint density at radius 2 is 2.14 bits per heavy atom. The number of rotatable bonds is 1. The fourth-order valence-corrected chi connectivity index (χ4v) is 1.28. The number of nitrogen functional groups attached to an aromatic ring is 1. The van der Waals surface area contributed by atoms with Gasteiger partial charge in [0.15, 0.2) is 0 Å². The van der Waals surface area contributed by atoms with Crippen LogP contribution in [0.15, 0.2) is 18.3 Å². The molecule has 0 spiro atoms. The predicted molar refractivity (Wildman–Crippen MR) is 55.7 cm³/mol. The van der Waals surface area contributed by atoms with Gasteiger partial charge in [0.2, 0.25) is 0 Å². The van der Waals surface area contributed by atoms with Gasteiger partial charge in [-0.1, -0.05) is 0 Å². The van der Waals surface area contributed by atoms with Crippen LogP contribution in [0.25, 0.3) is 11.4 Å². The standard InChI is InChI=1S/C10H12N4/c1-6-7(2)14-10(13-6)8-3-4-12-9(11)5-8/h3-5H,1-2H3,(H2,11,12)(H,13,14). The lowest BCUT2D eigenvalue weighted by molar-refractivity contribution is 1.22. The van der Waals surface area contributed by atoms with Gasteiger partial charge in [0.1, 0.15) is 11.6 Å². The van der Waals surface area contributed by atoms with Gasteiger partial charge in [-0.3, -0.25) is 0 Å². The molecule has 0 radical (unpaired) electrons. The summed E-state index contributed by atoms with van der Waals surface area (Å²) in [7, 11) is 0. The molecule has 4 nitrogen and oxygen atoms in total. The molecule has 3 N–H and O–H groups in total. The van der Waals surface area contributed by atoms with Crippen molar-refractivity contribution in [3.63, 3.8) is 0 Å². The molecule has 0 aliphatic heterocycles. The van der Waals surface area contributed by atoms with Crippen LogP contribution in [0.3, 0.4) is 0 Å². The Labute approximate surface area is 82.2 Å². The van der Waals surface area contributed by atoms with Crippen molar-refractivity contribution in [2.45, 2.75) is 13.8 Å². The molecule has 0 unspecified atom stereocenters. The maximum atomic E-state index is 5.59. The number of nitrogens with one attached hydrogen (secondary N) is 1. The van der Waals surface area contributed by atoms with Gasteiger partial charge in [0, 0.05) is 17.5 Å². The summed E-state index contributed by atoms with van der Waals surface area (Å²) in [6, 6.07) is 3.69. The molecule has 0 aliphatic rings. The van der Waals surface area contributed by atoms with Gasteiger partial charge in [0.25, 0.3) is 0 Å². The lowest BCUT2D eigenvalue weighted by Crippen LogP contribution is -1.90. The minimum atomic E-state index is 0.509. The number of nitrogens with two attached hydrogens (primary N) is 1. The van der Waals surface area contributed by atoms with Crippen LogP contribution < -0.4 is 5.73 Å². The number of aryl methyl sites for hydroxylation is 2. The lowest BCUT2D eigenvalue weighted by atomic mass is 10.2. The van der Waals surface area contributed by atoms with Gasteiger partial charge < -0.3 is 10.7 Å². The zero-order valence-electron chi connectivity index (χ0n) is 8.20. The second kappa shape index (κ2) is 3.14. The summed E-state index contributed by atoms with van der Waals surface area (Å²) in [5, 5.41) is 0. The maximum Gasteiger partial charge on any atom is 0.137 e. The Morgan fingerprint density at radius 3 is 2.71 bits per heavy atom. The first-order valence-electron chi connectivity index (χ1n) is 4.42. The molecule has 4 heteroatoms. The molecule has 0 fully saturated rings. The monoisotopic (exact) mass is 188 g/mol. The fourth-order valence-electron chi connectivity index (χ4n) is 1.28. The third kappa shape index (κ3) is 1.46. The fraction of sp³-hybridized carbons (Fsp3) is 0.200. The number of hydrogen-bond acceptors (Lipinski definition) is 3. The molecule has 2 aromatic heterocycles. The highest BCUT2D eigenvalue weighted by molar-refractivity contribution is 5.59. The average molecular weight is 188 g/mol. The van der Waals surface area contributed by atoms with Crippen molar-refractivity contribution in [2.75, 3.05) is 5.73 Å². The molecule has 0 atom stereocenters. The number of pyridine rings is 1. The van der Waals surface area contributed by atoms with Crippen LogP contribution in [0.5, 0.6) is 0 Å². The normalized spacial score (nSPS) is 10.4. The predicted octanol–water partition coefficient (Wildman–Crippen LogP) is 1.67. The number of aromatic amines is 1. The molecule has 2 rings (SSSR count). The van der Waals surface area contributed by atoms with E-state index in [1.165, 1.54) is 0 Å². The molecule has 0 bridgehead atoms. The van der Waals surface area contributed by atoms with Gasteiger partial charge in [-0.2, -0.15) is 0 Å². The van der Waals surface area contributed by atoms with E-state index in [9.17, 15) is 0 Å². The van der Waals surface area contributed by atoms with Gasteiger partial charge in [-0.25, -0.2) is 9.97 Å². The van der Waals surface area contributed by atoms with Gasteiger partial charge in [-0.05, 0) is 26.0 Å². The highest BCUT2D eigenvalue weighted by Crippen LogP contribution is 2.18. The second-order valence-electron chi connectivity index (χ2n) is 3.27. The van der Waals surface area contributed by atoms with E-state index >= 15 is 0 Å². The smallest absolute Gasteiger partial charge is 0.137 e. The van der Waals surface area contributed by atoms with Crippen LogP contribution in [-0.2, 0) is 0 Å². The highest BCUT2D eigenvalue weighted by atomic mass is 14.9. The Bertz CT molecular complexity index is 439. The number of imidazole rings is 1. The minimum Gasteiger partial charge on any atom is -0.384 e. The topological polar surface area (TPSA) is 67.6 Å². The first kappa shape index (κ1) is 8.74. The SMILES string of the molecule is Cc1nc(-c2ccnc(N)c2)[nH]c1C. The van der Waals surface area contributed by atoms with Crippen LogP contribution in [0.4, 0.5) is 5.82 Å². The summed E-state index contributed by atoms with van der Waals surface area (Å²) >= 11 is 0. The third-order valence-corrected chi connectivity index (χ3v) is 2.18. The third-order valence-electron chi connectivity index (χ3n) is 2.18. The van der Waals surface area contributed by atoms with Crippen LogP contribution in [0, 0.1) is 13.8 Å². The summed E-state index contributed by atoms with van der Waals surface area (Å²) in [4.78, 5) is 11.5. The Morgan fingerprint density at radius 1 is 1.36 bits per heavy atom. The number of H-pyrrole nitrogens is 1. The van der Waals surface area contributed by atoms with Gasteiger partial charge in [0.05, 0.1) is 5.69 Å². The van der Waals surface area contributed by atoms with Crippen LogP contribution >= 0.6 is 0 Å². The van der Waals surface area contributed by atoms with Gasteiger partial charge in [-0.15, -0.1) is 0 Å². The summed E-state index contributed by atoms with van der Waals surface area (Å²) in [6.07, 6.45) is 1.68. The van der Waals surface area contributed by atoms with Crippen molar-refractivity contribution in [1.29, 1.82) is 0 Å². The van der Waals surface area contributed by atoms with Crippen molar-refractivity contribution in [3.05, 3.63) is 29.7 Å². The van der Waals surface area contributed by atoms with E-state index in [4.69, 9.17) is 5.73 Å². The first-order valence-corrected chi connectivity index (χ1v) is 4.42. The van der Waals surface area contributed by atoms with E-state index in [1.807, 2.05) is 19.9 Å². The quantitative estimate of drug-likeness (QED) is 0.715. The first-order chi connectivity index (χ1) is 6.66. The second-order valence-corrected chi connectivity index (χ2v) is 3.27. The number of hydrogen-bond donors (Lipinski definition) is 2. The summed E-state index contributed by atoms with van der Waals surface area (Å²) < 4.78 is 0. The molecule has 72 valence electrons. The van der Waals surface area contributed by atoms with E-state index in [1.54, 1.807) is 12.3 Å². The molecule has 0 amide bonds. The number of nitrogens with zero attached hydrogens (tertiary/aromatic N) is 2. The number of aromatic nitrogens is 3. The van der Waals surface area contributed by atoms with E-state index in [-0.39, 0.29) is 0 Å². The molecular weight excluding hydrogens is 176 g/mol. The van der Waals surface area contributed by atoms with Gasteiger partial charge >= 0.3 is 0 Å². The van der Waals surface area contributed by atoms with Crippen LogP contribution in [0.2, 0.25) is 0 Å². The van der Waals surface area contributed by atoms with E-state index in [0.717, 1.165) is 22.8 Å². The molecule has 0 aliphatic carbocycles. The van der Waals surface area contributed by atoms with E-state index in [2.05, 4.69) is 15.0 Å². The summed E-state index contributed by atoms with van der Waals surface area (Å²) in [5.41, 5.74) is 8.64. The van der Waals surface area contributed by atoms with E-state index in [0.29, 0.717) is 5.82 Å². The zero-order valence-corrected chi connectivity index (χ0v) is 8.20. The molecule has 2 heterocycles. The molecular formula is C10H12N4. The van der Waals surface area contributed by atoms with Crippen molar-refractivity contribution in [2.24, 2.45) is 0 Å². The summed E-state index contributed by atoms with van der Waals surface area (Å²) in [6.45, 7) is 3.97. The minimum absolute atomic E-state index is 0.509. The molecule has 0 saturated carbocycles. The van der Waals surface area contributed by atoms with Crippen molar-refractivity contribution in [1.82, 2.24) is 15.0 Å². The van der Waals surface area contributed by atoms with Crippen molar-refractivity contribution in [3.8, 4) is 11.4 Å². The summed E-state index contributed by atoms with van der Waals surface area (Å²) in [5.74, 6) is 1.35. The van der Waals surface area contributed by atoms with Crippen molar-refractivity contribution < 1.29 is 0 Å². The molecule has 0 aromatic carbocycles. The Kier molecular flexibility index (Phi) is 1.96. The van der Waals surface area contributed by atoms with Crippen LogP contribution in [0.1, 0.15) is 11.4 Å². The lowest BCUT2D eigenvalue weighted by Gasteiger charge is -1.96. The molecule has 2 aromatic rings. The van der Waals surface area contributed by atoms with Crippen molar-refractivity contribution >= 4 is 5.82 Å². The highest BCUT2D eigenvalue weighted by Gasteiger charge is 2.04. The zero-order chi connectivity index (χ0) is 10.1. The number of anilines is 1. The Balaban J connectivity index is 2.49. The molecule has 14 heavy (non-hydrogen) atoms. The molecule has 0 saturated heterocycles. The van der Waals surface area contributed by atoms with Crippen LogP contribution in [-0.4, -0.2) is 15.0 Å². The Hall–Kier alpha value is -1.84. The van der Waals surface area contributed by atoms with E-state index < -0.39 is 0 Å².